The molecule has 1 aliphatic rings. The lowest BCUT2D eigenvalue weighted by Crippen LogP contribution is -2.47. The largest absolute Gasteiger partial charge is 0.497 e. The first-order valence-corrected chi connectivity index (χ1v) is 12.6. The minimum atomic E-state index is -3.84. The van der Waals surface area contributed by atoms with Crippen LogP contribution in [-0.2, 0) is 16.6 Å². The van der Waals surface area contributed by atoms with Crippen molar-refractivity contribution >= 4 is 15.7 Å². The fourth-order valence-electron chi connectivity index (χ4n) is 4.33. The maximum Gasteiger partial charge on any atom is 0.264 e. The normalized spacial score (nSPS) is 15.1. The van der Waals surface area contributed by atoms with Gasteiger partial charge in [-0.15, -0.1) is 0 Å². The van der Waals surface area contributed by atoms with Crippen molar-refractivity contribution in [2.24, 2.45) is 0 Å². The van der Waals surface area contributed by atoms with Crippen molar-refractivity contribution in [3.63, 3.8) is 0 Å². The van der Waals surface area contributed by atoms with E-state index in [2.05, 4.69) is 4.90 Å². The van der Waals surface area contributed by atoms with Gasteiger partial charge in [0.1, 0.15) is 17.3 Å². The van der Waals surface area contributed by atoms with E-state index in [9.17, 15) is 12.8 Å². The van der Waals surface area contributed by atoms with Gasteiger partial charge in [0.15, 0.2) is 0 Å². The van der Waals surface area contributed by atoms with E-state index in [0.717, 1.165) is 0 Å². The number of ether oxygens (including phenoxy) is 2. The van der Waals surface area contributed by atoms with Crippen molar-refractivity contribution in [3.8, 4) is 11.5 Å². The summed E-state index contributed by atoms with van der Waals surface area (Å²) in [5.41, 5.74) is 1.21. The second-order valence-electron chi connectivity index (χ2n) is 8.28. The molecule has 1 fully saturated rings. The van der Waals surface area contributed by atoms with Gasteiger partial charge in [-0.2, -0.15) is 0 Å². The monoisotopic (exact) mass is 484 g/mol. The molecule has 3 aromatic rings. The average Bonchev–Trinajstić information content (AvgIpc) is 2.86. The number of hydrogen-bond acceptors (Lipinski definition) is 5. The van der Waals surface area contributed by atoms with Gasteiger partial charge < -0.3 is 9.47 Å². The highest BCUT2D eigenvalue weighted by atomic mass is 32.2. The van der Waals surface area contributed by atoms with Gasteiger partial charge in [-0.3, -0.25) is 9.21 Å². The maximum atomic E-state index is 14.1. The summed E-state index contributed by atoms with van der Waals surface area (Å²) in [6.45, 7) is 1.83. The molecule has 1 aliphatic heterocycles. The van der Waals surface area contributed by atoms with Crippen LogP contribution in [0.15, 0.2) is 77.7 Å². The van der Waals surface area contributed by atoms with E-state index in [-0.39, 0.29) is 16.8 Å². The standard InChI is InChI=1S/C26H29FN2O4S/c1-32-23-10-12-25(13-11-23)34(30,31)29(22-7-5-8-24(18-22)33-2)21-14-16-28(17-15-21)19-20-6-3-4-9-26(20)27/h3-13,18,21H,14-17,19H2,1-2H3. The summed E-state index contributed by atoms with van der Waals surface area (Å²) in [6.07, 6.45) is 1.25. The van der Waals surface area contributed by atoms with Crippen LogP contribution >= 0.6 is 0 Å². The van der Waals surface area contributed by atoms with E-state index in [1.807, 2.05) is 6.07 Å². The Morgan fingerprint density at radius 3 is 2.24 bits per heavy atom. The molecule has 0 atom stereocenters. The van der Waals surface area contributed by atoms with Crippen LogP contribution in [0.3, 0.4) is 0 Å². The van der Waals surface area contributed by atoms with E-state index >= 15 is 0 Å². The van der Waals surface area contributed by atoms with Crippen LogP contribution in [0.25, 0.3) is 0 Å². The number of piperidine rings is 1. The van der Waals surface area contributed by atoms with Crippen molar-refractivity contribution < 1.29 is 22.3 Å². The molecule has 6 nitrogen and oxygen atoms in total. The first-order chi connectivity index (χ1) is 16.4. The quantitative estimate of drug-likeness (QED) is 0.464. The molecule has 0 N–H and O–H groups in total. The summed E-state index contributed by atoms with van der Waals surface area (Å²) in [7, 11) is -0.742. The first kappa shape index (κ1) is 24.0. The molecule has 4 rings (SSSR count). The average molecular weight is 485 g/mol. The zero-order valence-corrected chi connectivity index (χ0v) is 20.2. The second-order valence-corrected chi connectivity index (χ2v) is 10.1. The lowest BCUT2D eigenvalue weighted by molar-refractivity contribution is 0.204. The third-order valence-electron chi connectivity index (χ3n) is 6.16. The smallest absolute Gasteiger partial charge is 0.264 e. The van der Waals surface area contributed by atoms with E-state index in [1.165, 1.54) is 10.4 Å². The molecular weight excluding hydrogens is 455 g/mol. The molecule has 0 spiro atoms. The minimum Gasteiger partial charge on any atom is -0.497 e. The van der Waals surface area contributed by atoms with Gasteiger partial charge in [-0.1, -0.05) is 24.3 Å². The summed E-state index contributed by atoms with van der Waals surface area (Å²) >= 11 is 0. The van der Waals surface area contributed by atoms with Gasteiger partial charge in [0.2, 0.25) is 0 Å². The minimum absolute atomic E-state index is 0.199. The van der Waals surface area contributed by atoms with Gasteiger partial charge in [0.05, 0.1) is 24.8 Å². The Kier molecular flexibility index (Phi) is 7.38. The molecule has 1 saturated heterocycles. The summed E-state index contributed by atoms with van der Waals surface area (Å²) in [5, 5.41) is 0. The number of rotatable bonds is 8. The van der Waals surface area contributed by atoms with Gasteiger partial charge in [0.25, 0.3) is 10.0 Å². The highest BCUT2D eigenvalue weighted by Crippen LogP contribution is 2.33. The molecule has 180 valence electrons. The summed E-state index contributed by atoms with van der Waals surface area (Å²) < 4.78 is 53.8. The molecule has 0 aliphatic carbocycles. The highest BCUT2D eigenvalue weighted by molar-refractivity contribution is 7.92. The Morgan fingerprint density at radius 1 is 0.912 bits per heavy atom. The third kappa shape index (κ3) is 5.18. The molecule has 0 unspecified atom stereocenters. The predicted octanol–water partition coefficient (Wildman–Crippen LogP) is 4.70. The molecule has 0 amide bonds. The predicted molar refractivity (Wildman–Crippen MR) is 130 cm³/mol. The molecule has 34 heavy (non-hydrogen) atoms. The number of methoxy groups -OCH3 is 2. The Balaban J connectivity index is 1.60. The summed E-state index contributed by atoms with van der Waals surface area (Å²) in [6, 6.07) is 20.1. The number of likely N-dealkylation sites (tertiary alicyclic amines) is 1. The zero-order valence-electron chi connectivity index (χ0n) is 19.4. The van der Waals surface area contributed by atoms with E-state index < -0.39 is 10.0 Å². The number of benzene rings is 3. The molecule has 3 aromatic carbocycles. The highest BCUT2D eigenvalue weighted by Gasteiger charge is 2.34. The molecule has 0 aromatic heterocycles. The van der Waals surface area contributed by atoms with Crippen LogP contribution in [-0.4, -0.2) is 46.7 Å². The Labute approximate surface area is 200 Å². The van der Waals surface area contributed by atoms with Crippen molar-refractivity contribution in [3.05, 3.63) is 84.2 Å². The van der Waals surface area contributed by atoms with Crippen molar-refractivity contribution in [2.45, 2.75) is 30.3 Å². The number of nitrogens with zero attached hydrogens (tertiary/aromatic N) is 2. The van der Waals surface area contributed by atoms with Gasteiger partial charge in [-0.05, 0) is 55.3 Å². The van der Waals surface area contributed by atoms with Crippen LogP contribution in [0, 0.1) is 5.82 Å². The van der Waals surface area contributed by atoms with Crippen molar-refractivity contribution in [2.75, 3.05) is 31.6 Å². The third-order valence-corrected chi connectivity index (χ3v) is 8.06. The fraction of sp³-hybridized carbons (Fsp3) is 0.308. The molecule has 0 radical (unpaired) electrons. The lowest BCUT2D eigenvalue weighted by atomic mass is 10.0. The van der Waals surface area contributed by atoms with Gasteiger partial charge in [0, 0.05) is 37.3 Å². The summed E-state index contributed by atoms with van der Waals surface area (Å²) in [5.74, 6) is 0.961. The number of sulfonamides is 1. The fourth-order valence-corrected chi connectivity index (χ4v) is 6.04. The number of hydrogen-bond donors (Lipinski definition) is 0. The molecule has 1 heterocycles. The lowest BCUT2D eigenvalue weighted by Gasteiger charge is -2.39. The molecule has 0 bridgehead atoms. The van der Waals surface area contributed by atoms with E-state index in [4.69, 9.17) is 9.47 Å². The maximum absolute atomic E-state index is 14.1. The summed E-state index contributed by atoms with van der Waals surface area (Å²) in [4.78, 5) is 2.36. The Hall–Kier alpha value is -3.10. The zero-order chi connectivity index (χ0) is 24.1. The van der Waals surface area contributed by atoms with Crippen molar-refractivity contribution in [1.29, 1.82) is 0 Å². The first-order valence-electron chi connectivity index (χ1n) is 11.2. The van der Waals surface area contributed by atoms with Crippen molar-refractivity contribution in [1.82, 2.24) is 4.90 Å². The number of anilines is 1. The van der Waals surface area contributed by atoms with Crippen LogP contribution in [0.5, 0.6) is 11.5 Å². The van der Waals surface area contributed by atoms with Gasteiger partial charge >= 0.3 is 0 Å². The molecule has 0 saturated carbocycles. The Bertz CT molecular complexity index is 1210. The Morgan fingerprint density at radius 2 is 1.59 bits per heavy atom. The molecular formula is C26H29FN2O4S. The SMILES string of the molecule is COc1ccc(S(=O)(=O)N(c2cccc(OC)c2)C2CCN(Cc3ccccc3F)CC2)cc1. The topological polar surface area (TPSA) is 59.1 Å². The van der Waals surface area contributed by atoms with Crippen LogP contribution in [0.1, 0.15) is 18.4 Å². The number of halogens is 1. The van der Waals surface area contributed by atoms with Crippen LogP contribution in [0.4, 0.5) is 10.1 Å². The van der Waals surface area contributed by atoms with Crippen LogP contribution < -0.4 is 13.8 Å². The van der Waals surface area contributed by atoms with E-state index in [1.54, 1.807) is 74.9 Å². The van der Waals surface area contributed by atoms with Crippen LogP contribution in [0.2, 0.25) is 0 Å². The van der Waals surface area contributed by atoms with E-state index in [0.29, 0.717) is 55.2 Å². The molecule has 8 heteroatoms. The second kappa shape index (κ2) is 10.4. The van der Waals surface area contributed by atoms with Gasteiger partial charge in [-0.25, -0.2) is 12.8 Å².